The fourth-order valence-corrected chi connectivity index (χ4v) is 6.30. The van der Waals surface area contributed by atoms with Gasteiger partial charge in [-0.05, 0) is 55.9 Å². The van der Waals surface area contributed by atoms with Crippen LogP contribution >= 0.6 is 0 Å². The highest BCUT2D eigenvalue weighted by molar-refractivity contribution is 5.84. The minimum Gasteiger partial charge on any atom is -0.396 e. The summed E-state index contributed by atoms with van der Waals surface area (Å²) in [6, 6.07) is 12.2. The van der Waals surface area contributed by atoms with Gasteiger partial charge in [0.1, 0.15) is 0 Å². The van der Waals surface area contributed by atoms with Gasteiger partial charge >= 0.3 is 0 Å². The molecule has 7 nitrogen and oxygen atoms in total. The van der Waals surface area contributed by atoms with Crippen LogP contribution in [0.4, 0.5) is 0 Å². The van der Waals surface area contributed by atoms with Gasteiger partial charge in [-0.2, -0.15) is 0 Å². The number of hydrogen-bond donors (Lipinski definition) is 2. The van der Waals surface area contributed by atoms with Crippen LogP contribution in [0.15, 0.2) is 53.3 Å². The summed E-state index contributed by atoms with van der Waals surface area (Å²) in [5, 5.41) is 13.5. The van der Waals surface area contributed by atoms with Crippen LogP contribution in [-0.2, 0) is 16.1 Å². The predicted octanol–water partition coefficient (Wildman–Crippen LogP) is 3.19. The number of pyridine rings is 1. The van der Waals surface area contributed by atoms with E-state index in [0.717, 1.165) is 36.8 Å². The average Bonchev–Trinajstić information content (AvgIpc) is 3.12. The zero-order chi connectivity index (χ0) is 24.7. The molecule has 0 saturated carbocycles. The Morgan fingerprint density at radius 3 is 2.57 bits per heavy atom. The number of aliphatic hydroxyl groups is 1. The third-order valence-electron chi connectivity index (χ3n) is 8.01. The molecule has 2 bridgehead atoms. The summed E-state index contributed by atoms with van der Waals surface area (Å²) in [6.07, 6.45) is 6.25. The number of amides is 2. The molecule has 0 radical (unpaired) electrons. The van der Waals surface area contributed by atoms with Crippen LogP contribution in [0.1, 0.15) is 68.4 Å². The van der Waals surface area contributed by atoms with Gasteiger partial charge in [-0.15, -0.1) is 0 Å². The van der Waals surface area contributed by atoms with Gasteiger partial charge in [-0.3, -0.25) is 14.4 Å². The molecule has 2 amide bonds. The number of carbonyl (C=O) groups excluding carboxylic acids is 2. The van der Waals surface area contributed by atoms with Crippen LogP contribution in [0.5, 0.6) is 0 Å². The summed E-state index contributed by atoms with van der Waals surface area (Å²) >= 11 is 0. The second kappa shape index (κ2) is 9.46. The van der Waals surface area contributed by atoms with E-state index in [9.17, 15) is 19.5 Å². The summed E-state index contributed by atoms with van der Waals surface area (Å²) in [7, 11) is 0. The van der Waals surface area contributed by atoms with Crippen molar-refractivity contribution in [2.45, 2.75) is 64.2 Å². The van der Waals surface area contributed by atoms with Crippen LogP contribution in [0.25, 0.3) is 5.57 Å². The molecule has 2 aromatic rings. The second-order valence-electron chi connectivity index (χ2n) is 10.0. The molecule has 0 spiro atoms. The van der Waals surface area contributed by atoms with Gasteiger partial charge in [-0.1, -0.05) is 36.4 Å². The van der Waals surface area contributed by atoms with Gasteiger partial charge < -0.3 is 19.9 Å². The van der Waals surface area contributed by atoms with Gasteiger partial charge in [0.2, 0.25) is 11.8 Å². The summed E-state index contributed by atoms with van der Waals surface area (Å²) in [4.78, 5) is 41.7. The Labute approximate surface area is 205 Å². The number of aromatic nitrogens is 1. The first-order valence-corrected chi connectivity index (χ1v) is 12.6. The lowest BCUT2D eigenvalue weighted by Crippen LogP contribution is -2.48. The summed E-state index contributed by atoms with van der Waals surface area (Å²) in [5.74, 6) is -1.46. The van der Waals surface area contributed by atoms with Gasteiger partial charge in [-0.25, -0.2) is 0 Å². The topological polar surface area (TPSA) is 91.6 Å². The van der Waals surface area contributed by atoms with E-state index in [2.05, 4.69) is 11.4 Å². The average molecular weight is 476 g/mol. The van der Waals surface area contributed by atoms with Crippen molar-refractivity contribution >= 4 is 17.4 Å². The number of rotatable bonds is 5. The Morgan fingerprint density at radius 1 is 1.14 bits per heavy atom. The van der Waals surface area contributed by atoms with Crippen molar-refractivity contribution < 1.29 is 14.7 Å². The number of fused-ring (bicyclic) bond motifs is 4. The Morgan fingerprint density at radius 2 is 1.91 bits per heavy atom. The maximum atomic E-state index is 13.7. The first kappa shape index (κ1) is 23.5. The molecular formula is C28H33N3O4. The summed E-state index contributed by atoms with van der Waals surface area (Å²) in [5.41, 5.74) is 3.38. The summed E-state index contributed by atoms with van der Waals surface area (Å²) < 4.78 is 1.75. The molecule has 5 rings (SSSR count). The number of hydrogen-bond acceptors (Lipinski definition) is 4. The summed E-state index contributed by atoms with van der Waals surface area (Å²) in [6.45, 7) is 3.47. The first-order chi connectivity index (χ1) is 16.9. The van der Waals surface area contributed by atoms with Crippen LogP contribution in [0, 0.1) is 11.8 Å². The monoisotopic (exact) mass is 475 g/mol. The molecule has 3 aliphatic rings. The maximum Gasteiger partial charge on any atom is 0.258 e. The second-order valence-corrected chi connectivity index (χ2v) is 10.0. The largest absolute Gasteiger partial charge is 0.396 e. The molecule has 184 valence electrons. The van der Waals surface area contributed by atoms with E-state index in [0.29, 0.717) is 11.3 Å². The lowest BCUT2D eigenvalue weighted by molar-refractivity contribution is -0.134. The molecule has 5 atom stereocenters. The van der Waals surface area contributed by atoms with Gasteiger partial charge in [0, 0.05) is 37.3 Å². The normalized spacial score (nSPS) is 26.0. The Bertz CT molecular complexity index is 1220. The van der Waals surface area contributed by atoms with Crippen LogP contribution in [0.2, 0.25) is 0 Å². The highest BCUT2D eigenvalue weighted by atomic mass is 16.3. The van der Waals surface area contributed by atoms with Crippen molar-refractivity contribution in [3.8, 4) is 0 Å². The molecule has 1 aromatic heterocycles. The van der Waals surface area contributed by atoms with Crippen molar-refractivity contribution in [1.82, 2.24) is 14.8 Å². The van der Waals surface area contributed by atoms with Crippen molar-refractivity contribution in [3.63, 3.8) is 0 Å². The quantitative estimate of drug-likeness (QED) is 0.695. The van der Waals surface area contributed by atoms with E-state index >= 15 is 0 Å². The molecule has 3 heterocycles. The Hall–Kier alpha value is -3.19. The molecule has 2 aliphatic heterocycles. The van der Waals surface area contributed by atoms with Gasteiger partial charge in [0.15, 0.2) is 0 Å². The fourth-order valence-electron chi connectivity index (χ4n) is 6.30. The van der Waals surface area contributed by atoms with E-state index in [-0.39, 0.29) is 36.6 Å². The SMILES string of the molecule is CC(=O)N1[C@@H]2c3ccc(C4=CCCCC4)c(=O)n3C[C@H]1[C@H](CO)[C@H]2C(=O)N[C@@H](C)c1ccccc1. The fraction of sp³-hybridized carbons (Fsp3) is 0.464. The van der Waals surface area contributed by atoms with Crippen molar-refractivity contribution in [1.29, 1.82) is 0 Å². The van der Waals surface area contributed by atoms with Crippen LogP contribution in [0.3, 0.4) is 0 Å². The molecular weight excluding hydrogens is 442 g/mol. The number of allylic oxidation sites excluding steroid dienone is 2. The van der Waals surface area contributed by atoms with Gasteiger partial charge in [0.05, 0.1) is 24.0 Å². The van der Waals surface area contributed by atoms with E-state index in [1.807, 2.05) is 49.4 Å². The van der Waals surface area contributed by atoms with Crippen LogP contribution in [-0.4, -0.2) is 39.0 Å². The molecule has 2 N–H and O–H groups in total. The molecule has 7 heteroatoms. The van der Waals surface area contributed by atoms with E-state index in [1.165, 1.54) is 6.92 Å². The van der Waals surface area contributed by atoms with Crippen molar-refractivity contribution in [3.05, 3.63) is 75.7 Å². The standard InChI is InChI=1S/C28H33N3O4/c1-17(19-9-5-3-6-10-19)29-27(34)25-22(16-32)24-15-30-23(26(25)31(24)18(2)33)14-13-21(28(30)35)20-11-7-4-8-12-20/h3,5-6,9-11,13-14,17,22,24-26,32H,4,7-8,12,15-16H2,1-2H3,(H,29,34)/t17-,22-,24-,25+,26+/m0/s1. The van der Waals surface area contributed by atoms with E-state index in [1.54, 1.807) is 9.47 Å². The van der Waals surface area contributed by atoms with E-state index < -0.39 is 23.9 Å². The number of nitrogens with one attached hydrogen (secondary N) is 1. The lowest BCUT2D eigenvalue weighted by Gasteiger charge is -2.38. The maximum absolute atomic E-state index is 13.7. The highest BCUT2D eigenvalue weighted by Crippen LogP contribution is 2.48. The van der Waals surface area contributed by atoms with Crippen molar-refractivity contribution in [2.24, 2.45) is 11.8 Å². The Kier molecular flexibility index (Phi) is 6.36. The minimum absolute atomic E-state index is 0.0655. The van der Waals surface area contributed by atoms with Crippen LogP contribution < -0.4 is 10.9 Å². The zero-order valence-electron chi connectivity index (χ0n) is 20.3. The van der Waals surface area contributed by atoms with Crippen molar-refractivity contribution in [2.75, 3.05) is 6.61 Å². The number of carbonyl (C=O) groups is 2. The number of aliphatic hydroxyl groups excluding tert-OH is 1. The molecule has 1 saturated heterocycles. The predicted molar refractivity (Wildman–Crippen MR) is 133 cm³/mol. The smallest absolute Gasteiger partial charge is 0.258 e. The Balaban J connectivity index is 1.54. The minimum atomic E-state index is -0.645. The third kappa shape index (κ3) is 4.01. The first-order valence-electron chi connectivity index (χ1n) is 12.6. The van der Waals surface area contributed by atoms with Gasteiger partial charge in [0.25, 0.3) is 5.56 Å². The third-order valence-corrected chi connectivity index (χ3v) is 8.01. The molecule has 1 fully saturated rings. The molecule has 1 aliphatic carbocycles. The molecule has 0 unspecified atom stereocenters. The lowest BCUT2D eigenvalue weighted by atomic mass is 9.86. The number of nitrogens with zero attached hydrogens (tertiary/aromatic N) is 2. The molecule has 1 aromatic carbocycles. The number of benzene rings is 1. The highest BCUT2D eigenvalue weighted by Gasteiger charge is 2.56. The molecule has 35 heavy (non-hydrogen) atoms. The zero-order valence-corrected chi connectivity index (χ0v) is 20.3. The van der Waals surface area contributed by atoms with E-state index in [4.69, 9.17) is 0 Å².